The van der Waals surface area contributed by atoms with Crippen molar-refractivity contribution in [3.05, 3.63) is 36.0 Å². The number of Topliss-reactive ketones (excluding diaryl/α,β-unsaturated/α-hetero) is 1. The fourth-order valence-electron chi connectivity index (χ4n) is 4.35. The van der Waals surface area contributed by atoms with Gasteiger partial charge < -0.3 is 9.84 Å². The van der Waals surface area contributed by atoms with Crippen LogP contribution in [0.5, 0.6) is 0 Å². The molecule has 0 aromatic heterocycles. The number of imide groups is 1. The molecule has 0 aromatic rings. The summed E-state index contributed by atoms with van der Waals surface area (Å²) < 4.78 is 5.67. The van der Waals surface area contributed by atoms with Gasteiger partial charge in [0.15, 0.2) is 0 Å². The highest BCUT2D eigenvalue weighted by Crippen LogP contribution is 2.25. The third kappa shape index (κ3) is 9.08. The van der Waals surface area contributed by atoms with Gasteiger partial charge in [-0.2, -0.15) is 0 Å². The van der Waals surface area contributed by atoms with Crippen molar-refractivity contribution in [1.29, 1.82) is 0 Å². The Labute approximate surface area is 196 Å². The average Bonchev–Trinajstić information content (AvgIpc) is 2.74. The first-order chi connectivity index (χ1) is 15.7. The molecule has 7 nitrogen and oxygen atoms in total. The van der Waals surface area contributed by atoms with Crippen LogP contribution in [0.2, 0.25) is 0 Å². The number of aliphatic hydroxyl groups excluding tert-OH is 1. The zero-order chi connectivity index (χ0) is 24.4. The van der Waals surface area contributed by atoms with Crippen LogP contribution >= 0.6 is 0 Å². The molecule has 182 valence electrons. The molecule has 2 rings (SSSR count). The summed E-state index contributed by atoms with van der Waals surface area (Å²) in [6.45, 7) is 5.48. The molecule has 1 fully saturated rings. The first-order valence-corrected chi connectivity index (χ1v) is 11.9. The largest absolute Gasteiger partial charge is 0.454 e. The topological polar surface area (TPSA) is 110 Å². The number of hydrogen-bond acceptors (Lipinski definition) is 6. The number of nitrogens with one attached hydrogen (secondary N) is 1. The highest BCUT2D eigenvalue weighted by Gasteiger charge is 2.29. The van der Waals surface area contributed by atoms with E-state index < -0.39 is 18.2 Å². The van der Waals surface area contributed by atoms with Crippen LogP contribution in [-0.2, 0) is 23.9 Å². The molecule has 0 saturated carbocycles. The van der Waals surface area contributed by atoms with Gasteiger partial charge in [0.05, 0.1) is 6.10 Å². The van der Waals surface area contributed by atoms with Gasteiger partial charge in [0.2, 0.25) is 11.8 Å². The number of carbonyl (C=O) groups excluding carboxylic acids is 4. The van der Waals surface area contributed by atoms with E-state index in [0.717, 1.165) is 18.4 Å². The number of allylic oxidation sites excluding steroid dienone is 3. The number of ketones is 1. The lowest BCUT2D eigenvalue weighted by Gasteiger charge is -2.28. The van der Waals surface area contributed by atoms with E-state index in [1.807, 2.05) is 39.0 Å². The van der Waals surface area contributed by atoms with E-state index in [0.29, 0.717) is 38.5 Å². The maximum atomic E-state index is 12.7. The SMILES string of the molecule is CC(=CC(C)C(=O)CCCC1CC(=O)NC(=O)C1)C1OC(=O)C=CCCC=CCC(O)C1C. The van der Waals surface area contributed by atoms with Crippen LogP contribution in [0.4, 0.5) is 0 Å². The normalized spacial score (nSPS) is 26.7. The second-order valence-corrected chi connectivity index (χ2v) is 9.27. The molecule has 2 amide bonds. The van der Waals surface area contributed by atoms with E-state index in [1.165, 1.54) is 6.08 Å². The number of hydrogen-bond donors (Lipinski definition) is 2. The fraction of sp³-hybridized carbons (Fsp3) is 0.615. The molecule has 33 heavy (non-hydrogen) atoms. The van der Waals surface area contributed by atoms with Gasteiger partial charge in [-0.05, 0) is 50.5 Å². The Bertz CT molecular complexity index is 796. The maximum Gasteiger partial charge on any atom is 0.331 e. The fourth-order valence-corrected chi connectivity index (χ4v) is 4.35. The molecular weight excluding hydrogens is 422 g/mol. The predicted octanol–water partition coefficient (Wildman–Crippen LogP) is 3.57. The summed E-state index contributed by atoms with van der Waals surface area (Å²) >= 11 is 0. The van der Waals surface area contributed by atoms with Crippen molar-refractivity contribution in [1.82, 2.24) is 5.32 Å². The summed E-state index contributed by atoms with van der Waals surface area (Å²) in [5.74, 6) is -1.61. The van der Waals surface area contributed by atoms with Crippen LogP contribution in [0.1, 0.15) is 72.1 Å². The Hall–Kier alpha value is -2.54. The Balaban J connectivity index is 1.98. The van der Waals surface area contributed by atoms with Crippen LogP contribution < -0.4 is 5.32 Å². The van der Waals surface area contributed by atoms with Crippen molar-refractivity contribution >= 4 is 23.6 Å². The van der Waals surface area contributed by atoms with Gasteiger partial charge in [-0.3, -0.25) is 19.7 Å². The molecule has 4 atom stereocenters. The minimum atomic E-state index is -0.674. The van der Waals surface area contributed by atoms with Crippen LogP contribution in [0, 0.1) is 17.8 Å². The summed E-state index contributed by atoms with van der Waals surface area (Å²) in [6, 6.07) is 0. The number of esters is 1. The first kappa shape index (κ1) is 26.7. The molecular formula is C26H37NO6. The molecule has 1 saturated heterocycles. The van der Waals surface area contributed by atoms with Crippen molar-refractivity contribution < 1.29 is 29.0 Å². The zero-order valence-electron chi connectivity index (χ0n) is 19.9. The summed E-state index contributed by atoms with van der Waals surface area (Å²) in [5, 5.41) is 12.9. The number of cyclic esters (lactones) is 1. The van der Waals surface area contributed by atoms with Gasteiger partial charge in [0, 0.05) is 37.2 Å². The van der Waals surface area contributed by atoms with Gasteiger partial charge in [-0.25, -0.2) is 4.79 Å². The molecule has 0 radical (unpaired) electrons. The van der Waals surface area contributed by atoms with Gasteiger partial charge in [0.25, 0.3) is 0 Å². The molecule has 0 aromatic carbocycles. The van der Waals surface area contributed by atoms with Crippen molar-refractivity contribution in [2.75, 3.05) is 0 Å². The molecule has 7 heteroatoms. The van der Waals surface area contributed by atoms with Gasteiger partial charge in [-0.15, -0.1) is 0 Å². The van der Waals surface area contributed by atoms with Crippen molar-refractivity contribution in [3.63, 3.8) is 0 Å². The van der Waals surface area contributed by atoms with Crippen LogP contribution in [0.15, 0.2) is 36.0 Å². The van der Waals surface area contributed by atoms with Crippen LogP contribution in [-0.4, -0.2) is 40.9 Å². The Morgan fingerprint density at radius 2 is 1.85 bits per heavy atom. The van der Waals surface area contributed by atoms with E-state index in [2.05, 4.69) is 5.32 Å². The van der Waals surface area contributed by atoms with Crippen LogP contribution in [0.25, 0.3) is 0 Å². The second-order valence-electron chi connectivity index (χ2n) is 9.27. The maximum absolute atomic E-state index is 12.7. The number of aliphatic hydroxyl groups is 1. The summed E-state index contributed by atoms with van der Waals surface area (Å²) in [6.07, 6.45) is 11.9. The standard InChI is InChI=1S/C26H37NO6/c1-17(21(28)12-9-10-20-15-23(30)27-24(31)16-20)14-18(2)26-19(3)22(29)11-7-5-4-6-8-13-25(32)33-26/h5,7-8,13-14,17,19-20,22,26,29H,4,6,9-12,15-16H2,1-3H3,(H,27,30,31). The molecule has 0 bridgehead atoms. The van der Waals surface area contributed by atoms with E-state index in [1.54, 1.807) is 6.08 Å². The van der Waals surface area contributed by atoms with Gasteiger partial charge >= 0.3 is 5.97 Å². The molecule has 2 heterocycles. The summed E-state index contributed by atoms with van der Waals surface area (Å²) in [4.78, 5) is 47.9. The lowest BCUT2D eigenvalue weighted by molar-refractivity contribution is -0.145. The average molecular weight is 460 g/mol. The van der Waals surface area contributed by atoms with E-state index >= 15 is 0 Å². The molecule has 0 aliphatic carbocycles. The van der Waals surface area contributed by atoms with E-state index in [-0.39, 0.29) is 35.4 Å². The van der Waals surface area contributed by atoms with Gasteiger partial charge in [0.1, 0.15) is 11.9 Å². The third-order valence-corrected chi connectivity index (χ3v) is 6.36. The summed E-state index contributed by atoms with van der Waals surface area (Å²) in [5.41, 5.74) is 0.736. The minimum Gasteiger partial charge on any atom is -0.454 e. The quantitative estimate of drug-likeness (QED) is 0.342. The number of ether oxygens (including phenoxy) is 1. The number of rotatable bonds is 7. The van der Waals surface area contributed by atoms with Gasteiger partial charge in [-0.1, -0.05) is 38.2 Å². The minimum absolute atomic E-state index is 0.00768. The van der Waals surface area contributed by atoms with E-state index in [4.69, 9.17) is 4.74 Å². The highest BCUT2D eigenvalue weighted by molar-refractivity contribution is 5.97. The van der Waals surface area contributed by atoms with Crippen molar-refractivity contribution in [2.24, 2.45) is 17.8 Å². The molecule has 2 aliphatic heterocycles. The number of amides is 2. The molecule has 0 spiro atoms. The summed E-state index contributed by atoms with van der Waals surface area (Å²) in [7, 11) is 0. The number of carbonyl (C=O) groups is 4. The predicted molar refractivity (Wildman–Crippen MR) is 125 cm³/mol. The molecule has 2 aliphatic rings. The van der Waals surface area contributed by atoms with Crippen LogP contribution in [0.3, 0.4) is 0 Å². The third-order valence-electron chi connectivity index (χ3n) is 6.36. The van der Waals surface area contributed by atoms with Crippen molar-refractivity contribution in [3.8, 4) is 0 Å². The second kappa shape index (κ2) is 13.2. The Morgan fingerprint density at radius 3 is 2.55 bits per heavy atom. The monoisotopic (exact) mass is 459 g/mol. The van der Waals surface area contributed by atoms with Crippen molar-refractivity contribution in [2.45, 2.75) is 84.3 Å². The zero-order valence-corrected chi connectivity index (χ0v) is 19.9. The Morgan fingerprint density at radius 1 is 1.18 bits per heavy atom. The Kier molecular flexibility index (Phi) is 10.7. The first-order valence-electron chi connectivity index (χ1n) is 11.9. The molecule has 4 unspecified atom stereocenters. The highest BCUT2D eigenvalue weighted by atomic mass is 16.5. The number of piperidine rings is 1. The molecule has 2 N–H and O–H groups in total. The lowest BCUT2D eigenvalue weighted by atomic mass is 9.87. The lowest BCUT2D eigenvalue weighted by Crippen LogP contribution is -2.38. The van der Waals surface area contributed by atoms with E-state index in [9.17, 15) is 24.3 Å². The smallest absolute Gasteiger partial charge is 0.331 e.